The molecular weight excluding hydrogens is 252 g/mol. The van der Waals surface area contributed by atoms with Gasteiger partial charge in [-0.2, -0.15) is 0 Å². The Bertz CT molecular complexity index is 683. The van der Waals surface area contributed by atoms with Gasteiger partial charge in [-0.05, 0) is 40.9 Å². The first kappa shape index (κ1) is 12.3. The highest BCUT2D eigenvalue weighted by Gasteiger charge is 2.02. The molecular formula is C16H16N2S. The van der Waals surface area contributed by atoms with Crippen LogP contribution in [-0.2, 0) is 13.1 Å². The third-order valence-corrected chi connectivity index (χ3v) is 4.36. The van der Waals surface area contributed by atoms with Gasteiger partial charge in [0.2, 0.25) is 0 Å². The molecule has 0 atom stereocenters. The van der Waals surface area contributed by atoms with Crippen molar-refractivity contribution in [2.75, 3.05) is 0 Å². The highest BCUT2D eigenvalue weighted by molar-refractivity contribution is 7.10. The molecule has 2 heterocycles. The number of rotatable bonds is 4. The van der Waals surface area contributed by atoms with Crippen molar-refractivity contribution in [2.45, 2.75) is 20.0 Å². The van der Waals surface area contributed by atoms with Crippen LogP contribution in [0.3, 0.4) is 0 Å². The maximum atomic E-state index is 4.17. The Morgan fingerprint density at radius 2 is 2.11 bits per heavy atom. The van der Waals surface area contributed by atoms with Gasteiger partial charge in [0.15, 0.2) is 0 Å². The van der Waals surface area contributed by atoms with Gasteiger partial charge < -0.3 is 5.32 Å². The Balaban J connectivity index is 1.74. The SMILES string of the molecule is Cc1ccsc1CNCc1cccc2cnccc12. The number of pyridine rings is 1. The van der Waals surface area contributed by atoms with E-state index in [-0.39, 0.29) is 0 Å². The van der Waals surface area contributed by atoms with Gasteiger partial charge in [-0.25, -0.2) is 0 Å². The molecule has 19 heavy (non-hydrogen) atoms. The predicted molar refractivity (Wildman–Crippen MR) is 81.3 cm³/mol. The van der Waals surface area contributed by atoms with Crippen LogP contribution >= 0.6 is 11.3 Å². The molecule has 0 aliphatic rings. The van der Waals surface area contributed by atoms with Crippen molar-refractivity contribution in [3.8, 4) is 0 Å². The molecule has 1 aromatic carbocycles. The van der Waals surface area contributed by atoms with Gasteiger partial charge >= 0.3 is 0 Å². The minimum absolute atomic E-state index is 0.888. The second-order valence-electron chi connectivity index (χ2n) is 4.64. The van der Waals surface area contributed by atoms with E-state index in [1.54, 1.807) is 0 Å². The maximum Gasteiger partial charge on any atom is 0.0346 e. The molecule has 96 valence electrons. The summed E-state index contributed by atoms with van der Waals surface area (Å²) < 4.78 is 0. The number of hydrogen-bond donors (Lipinski definition) is 1. The lowest BCUT2D eigenvalue weighted by molar-refractivity contribution is 0.702. The van der Waals surface area contributed by atoms with Gasteiger partial charge in [0, 0.05) is 35.7 Å². The van der Waals surface area contributed by atoms with Gasteiger partial charge in [0.05, 0.1) is 0 Å². The van der Waals surface area contributed by atoms with Crippen molar-refractivity contribution in [1.82, 2.24) is 10.3 Å². The minimum atomic E-state index is 0.888. The van der Waals surface area contributed by atoms with Gasteiger partial charge in [-0.3, -0.25) is 4.98 Å². The van der Waals surface area contributed by atoms with Crippen molar-refractivity contribution >= 4 is 22.1 Å². The van der Waals surface area contributed by atoms with Gasteiger partial charge in [0.1, 0.15) is 0 Å². The number of nitrogens with one attached hydrogen (secondary N) is 1. The highest BCUT2D eigenvalue weighted by Crippen LogP contribution is 2.18. The van der Waals surface area contributed by atoms with Crippen molar-refractivity contribution in [3.63, 3.8) is 0 Å². The van der Waals surface area contributed by atoms with Crippen LogP contribution in [0.5, 0.6) is 0 Å². The standard InChI is InChI=1S/C16H16N2S/c1-12-6-8-19-16(12)11-18-10-14-4-2-3-13-9-17-7-5-15(13)14/h2-9,18H,10-11H2,1H3. The molecule has 0 aliphatic carbocycles. The van der Waals surface area contributed by atoms with Crippen LogP contribution in [-0.4, -0.2) is 4.98 Å². The Labute approximate surface area is 117 Å². The lowest BCUT2D eigenvalue weighted by Crippen LogP contribution is -2.12. The Morgan fingerprint density at radius 1 is 1.16 bits per heavy atom. The summed E-state index contributed by atoms with van der Waals surface area (Å²) in [5.74, 6) is 0. The molecule has 3 rings (SSSR count). The zero-order chi connectivity index (χ0) is 13.1. The highest BCUT2D eigenvalue weighted by atomic mass is 32.1. The summed E-state index contributed by atoms with van der Waals surface area (Å²) in [7, 11) is 0. The van der Waals surface area contributed by atoms with Gasteiger partial charge in [-0.15, -0.1) is 11.3 Å². The van der Waals surface area contributed by atoms with Crippen LogP contribution in [0.4, 0.5) is 0 Å². The van der Waals surface area contributed by atoms with Crippen LogP contribution in [0.25, 0.3) is 10.8 Å². The second-order valence-corrected chi connectivity index (χ2v) is 5.64. The summed E-state index contributed by atoms with van der Waals surface area (Å²) in [6.45, 7) is 3.99. The molecule has 0 amide bonds. The molecule has 0 radical (unpaired) electrons. The molecule has 0 saturated heterocycles. The third kappa shape index (κ3) is 2.67. The van der Waals surface area contributed by atoms with E-state index >= 15 is 0 Å². The van der Waals surface area contributed by atoms with Crippen LogP contribution in [0, 0.1) is 6.92 Å². The molecule has 0 saturated carbocycles. The normalized spacial score (nSPS) is 11.0. The molecule has 2 nitrogen and oxygen atoms in total. The molecule has 2 aromatic heterocycles. The van der Waals surface area contributed by atoms with E-state index in [9.17, 15) is 0 Å². The lowest BCUT2D eigenvalue weighted by Gasteiger charge is -2.07. The summed E-state index contributed by atoms with van der Waals surface area (Å²) in [4.78, 5) is 5.59. The van der Waals surface area contributed by atoms with E-state index in [0.29, 0.717) is 0 Å². The largest absolute Gasteiger partial charge is 0.308 e. The molecule has 0 unspecified atom stereocenters. The molecule has 3 heteroatoms. The Morgan fingerprint density at radius 3 is 2.95 bits per heavy atom. The number of benzene rings is 1. The molecule has 0 spiro atoms. The van der Waals surface area contributed by atoms with E-state index in [4.69, 9.17) is 0 Å². The first-order valence-corrected chi connectivity index (χ1v) is 7.28. The summed E-state index contributed by atoms with van der Waals surface area (Å²) in [5, 5.41) is 8.16. The smallest absolute Gasteiger partial charge is 0.0346 e. The van der Waals surface area contributed by atoms with E-state index in [2.05, 4.69) is 52.9 Å². The van der Waals surface area contributed by atoms with E-state index < -0.39 is 0 Å². The van der Waals surface area contributed by atoms with Crippen LogP contribution in [0.1, 0.15) is 16.0 Å². The summed E-state index contributed by atoms with van der Waals surface area (Å²) in [6.07, 6.45) is 3.78. The third-order valence-electron chi connectivity index (χ3n) is 3.34. The van der Waals surface area contributed by atoms with Crippen molar-refractivity contribution in [3.05, 3.63) is 64.1 Å². The van der Waals surface area contributed by atoms with Crippen molar-refractivity contribution < 1.29 is 0 Å². The van der Waals surface area contributed by atoms with Crippen molar-refractivity contribution in [2.24, 2.45) is 0 Å². The lowest BCUT2D eigenvalue weighted by atomic mass is 10.1. The average Bonchev–Trinajstić information content (AvgIpc) is 2.85. The fraction of sp³-hybridized carbons (Fsp3) is 0.188. The first-order valence-electron chi connectivity index (χ1n) is 6.40. The summed E-state index contributed by atoms with van der Waals surface area (Å²) >= 11 is 1.82. The summed E-state index contributed by atoms with van der Waals surface area (Å²) in [6, 6.07) is 10.6. The van der Waals surface area contributed by atoms with Gasteiger partial charge in [-0.1, -0.05) is 18.2 Å². The number of nitrogens with zero attached hydrogens (tertiary/aromatic N) is 1. The van der Waals surface area contributed by atoms with Gasteiger partial charge in [0.25, 0.3) is 0 Å². The Kier molecular flexibility index (Phi) is 3.58. The molecule has 1 N–H and O–H groups in total. The Hall–Kier alpha value is -1.71. The monoisotopic (exact) mass is 268 g/mol. The maximum absolute atomic E-state index is 4.17. The van der Waals surface area contributed by atoms with Crippen LogP contribution in [0.2, 0.25) is 0 Å². The number of hydrogen-bond acceptors (Lipinski definition) is 3. The number of aryl methyl sites for hydroxylation is 1. The van der Waals surface area contributed by atoms with E-state index in [0.717, 1.165) is 13.1 Å². The fourth-order valence-corrected chi connectivity index (χ4v) is 3.12. The van der Waals surface area contributed by atoms with E-state index in [1.807, 2.05) is 23.7 Å². The second kappa shape index (κ2) is 5.51. The van der Waals surface area contributed by atoms with Crippen LogP contribution < -0.4 is 5.32 Å². The topological polar surface area (TPSA) is 24.9 Å². The number of aromatic nitrogens is 1. The molecule has 3 aromatic rings. The average molecular weight is 268 g/mol. The first-order chi connectivity index (χ1) is 9.34. The number of thiophene rings is 1. The predicted octanol–water partition coefficient (Wildman–Crippen LogP) is 3.89. The number of fused-ring (bicyclic) bond motifs is 1. The molecule has 0 fully saturated rings. The van der Waals surface area contributed by atoms with Crippen molar-refractivity contribution in [1.29, 1.82) is 0 Å². The van der Waals surface area contributed by atoms with E-state index in [1.165, 1.54) is 26.8 Å². The molecule has 0 bridgehead atoms. The van der Waals surface area contributed by atoms with Crippen LogP contribution in [0.15, 0.2) is 48.1 Å². The fourth-order valence-electron chi connectivity index (χ4n) is 2.24. The zero-order valence-corrected chi connectivity index (χ0v) is 11.7. The summed E-state index contributed by atoms with van der Waals surface area (Å²) in [5.41, 5.74) is 2.70. The molecule has 0 aliphatic heterocycles. The zero-order valence-electron chi connectivity index (χ0n) is 10.9. The minimum Gasteiger partial charge on any atom is -0.308 e. The quantitative estimate of drug-likeness (QED) is 0.776.